The van der Waals surface area contributed by atoms with E-state index in [1.165, 1.54) is 0 Å². The van der Waals surface area contributed by atoms with Gasteiger partial charge in [-0.3, -0.25) is 14.4 Å². The van der Waals surface area contributed by atoms with Crippen molar-refractivity contribution in [3.05, 3.63) is 0 Å². The summed E-state index contributed by atoms with van der Waals surface area (Å²) < 4.78 is 44.7. The molecule has 6 rings (SSSR count). The number of carbonyl (C=O) groups is 3. The number of amides is 3. The predicted molar refractivity (Wildman–Crippen MR) is 408 cm³/mol. The van der Waals surface area contributed by atoms with E-state index in [2.05, 4.69) is 30.7 Å². The zero-order chi connectivity index (χ0) is 84.7. The number of hydrogen-bond donors (Lipinski definition) is 24. The standard InChI is InChI=1S/C26H50N2O10.2C25H48N2O11/c1-3-27-20(30)11-5-4-6-12-28(13-7-9-17-22(32)25(35)21(31)16(2)37-17)14-8-10-18-23(33)26(36)24(34)19(15-29)38-18;2*1-3-26-18(29)9-5-4-6-10-27(11-7-8-16-20(31)22(33)19(30)15(2)37-16)12-13-36-25-24(35)23(34)21(32)17(14-28)38-25/h16-19,21-26,29,31-36H,3-15H2,1-2H3,(H,27,30);2*15-17,19-25,28,30-35H,3-14H2,1-2H3,(H,26,29)/t16-,17-,18+,19+,21+,22+,23-,24+,25+,26+;2*15-,16-,17+,19+,20+,21+,22+,23-,24+,25+/m000/s1. The van der Waals surface area contributed by atoms with Crippen molar-refractivity contribution in [1.29, 1.82) is 0 Å². The third-order valence-electron chi connectivity index (χ3n) is 22.0. The fourth-order valence-corrected chi connectivity index (χ4v) is 14.9. The van der Waals surface area contributed by atoms with Gasteiger partial charge in [-0.05, 0) is 177 Å². The van der Waals surface area contributed by atoms with Crippen LogP contribution in [0, 0.1) is 0 Å². The topological polar surface area (TPSA) is 596 Å². The van der Waals surface area contributed by atoms with Crippen molar-refractivity contribution in [3.63, 3.8) is 0 Å². The first-order chi connectivity index (χ1) is 54.3. The Bertz CT molecular complexity index is 2280. The molecular weight excluding hydrogens is 1510 g/mol. The van der Waals surface area contributed by atoms with Crippen LogP contribution in [0.3, 0.4) is 0 Å². The molecule has 0 aromatic heterocycles. The fourth-order valence-electron chi connectivity index (χ4n) is 14.9. The van der Waals surface area contributed by atoms with E-state index >= 15 is 0 Å². The Kier molecular flexibility index (Phi) is 50.8. The molecule has 38 nitrogen and oxygen atoms in total. The van der Waals surface area contributed by atoms with Gasteiger partial charge in [-0.25, -0.2) is 0 Å². The lowest BCUT2D eigenvalue weighted by Crippen LogP contribution is -2.59. The maximum Gasteiger partial charge on any atom is 0.219 e. The van der Waals surface area contributed by atoms with Crippen LogP contribution >= 0.6 is 0 Å². The van der Waals surface area contributed by atoms with Crippen LogP contribution in [-0.2, 0) is 52.3 Å². The van der Waals surface area contributed by atoms with Crippen molar-refractivity contribution >= 4 is 17.7 Å². The lowest BCUT2D eigenvalue weighted by molar-refractivity contribution is -0.301. The van der Waals surface area contributed by atoms with E-state index in [1.807, 2.05) is 20.8 Å². The Balaban J connectivity index is 0.000000360. The smallest absolute Gasteiger partial charge is 0.219 e. The summed E-state index contributed by atoms with van der Waals surface area (Å²) in [5, 5.41) is 218. The molecule has 6 heterocycles. The molecule has 24 N–H and O–H groups in total. The van der Waals surface area contributed by atoms with E-state index in [1.54, 1.807) is 20.8 Å². The monoisotopic (exact) mass is 1650 g/mol. The number of aliphatic hydroxyl groups is 21. The van der Waals surface area contributed by atoms with Gasteiger partial charge in [0.05, 0.1) is 75.8 Å². The van der Waals surface area contributed by atoms with Gasteiger partial charge in [0, 0.05) is 52.0 Å². The molecule has 0 saturated carbocycles. The molecular formula is C76H146N6O32. The molecule has 6 saturated heterocycles. The minimum atomic E-state index is -1.51. The van der Waals surface area contributed by atoms with Crippen LogP contribution in [0.5, 0.6) is 0 Å². The predicted octanol–water partition coefficient (Wildman–Crippen LogP) is -6.84. The molecule has 30 atom stereocenters. The Morgan fingerprint density at radius 3 is 0.772 bits per heavy atom. The molecule has 0 spiro atoms. The zero-order valence-electron chi connectivity index (χ0n) is 67.7. The van der Waals surface area contributed by atoms with Crippen LogP contribution in [0.4, 0.5) is 0 Å². The molecule has 6 aliphatic heterocycles. The van der Waals surface area contributed by atoms with Gasteiger partial charge in [0.15, 0.2) is 12.6 Å². The molecule has 0 unspecified atom stereocenters. The van der Waals surface area contributed by atoms with E-state index in [4.69, 9.17) is 37.9 Å². The van der Waals surface area contributed by atoms with E-state index in [0.29, 0.717) is 143 Å². The largest absolute Gasteiger partial charge is 0.394 e. The van der Waals surface area contributed by atoms with E-state index < -0.39 is 203 Å². The highest BCUT2D eigenvalue weighted by Crippen LogP contribution is 2.30. The third-order valence-corrected chi connectivity index (χ3v) is 22.0. The molecule has 3 amide bonds. The van der Waals surface area contributed by atoms with Gasteiger partial charge in [-0.1, -0.05) is 19.3 Å². The molecule has 0 bridgehead atoms. The summed E-state index contributed by atoms with van der Waals surface area (Å²) in [4.78, 5) is 41.5. The normalized spacial score (nSPS) is 35.9. The summed E-state index contributed by atoms with van der Waals surface area (Å²) >= 11 is 0. The quantitative estimate of drug-likeness (QED) is 0.0252. The van der Waals surface area contributed by atoms with Gasteiger partial charge in [0.25, 0.3) is 0 Å². The minimum absolute atomic E-state index is 0.0323. The van der Waals surface area contributed by atoms with Crippen molar-refractivity contribution in [2.24, 2.45) is 0 Å². The SMILES string of the molecule is CCNC(=O)CCCCCN(CCC[C@@H]1O[C@@H](C)[C@@H](O)[C@@H](O)[C@@H]1O)CCC[C@H]1O[C@H](CO)[C@@H](O)[C@H](O)[C@H]1O.CCNC(=O)CCCCCN(CCC[C@@H]1O[C@@H](C)[C@@H](O)[C@@H](O)[C@@H]1O)CCO[C@@H]1O[C@H](CO)[C@@H](O)[C@H](O)[C@H]1O.CCNC(=O)CCCCCN(CCC[C@@H]1O[C@@H](C)[C@@H](O)[C@@H](O)[C@@H]1O)CCO[C@@H]1O[C@H](CO)[C@@H](O)[C@H](O)[C@H]1O. The number of nitrogens with one attached hydrogen (secondary N) is 3. The van der Waals surface area contributed by atoms with Crippen LogP contribution in [0.15, 0.2) is 0 Å². The second kappa shape index (κ2) is 55.9. The Morgan fingerprint density at radius 2 is 0.500 bits per heavy atom. The van der Waals surface area contributed by atoms with Gasteiger partial charge < -0.3 is 176 Å². The van der Waals surface area contributed by atoms with Crippen molar-refractivity contribution < 1.29 is 160 Å². The second-order valence-corrected chi connectivity index (χ2v) is 30.9. The fraction of sp³-hybridized carbons (Fsp3) is 0.961. The highest BCUT2D eigenvalue weighted by atomic mass is 16.7. The molecule has 0 aliphatic carbocycles. The molecule has 38 heteroatoms. The molecule has 0 radical (unpaired) electrons. The van der Waals surface area contributed by atoms with Crippen LogP contribution < -0.4 is 16.0 Å². The highest BCUT2D eigenvalue weighted by molar-refractivity contribution is 5.76. The van der Waals surface area contributed by atoms with Crippen LogP contribution in [0.25, 0.3) is 0 Å². The lowest BCUT2D eigenvalue weighted by atomic mass is 9.92. The van der Waals surface area contributed by atoms with Gasteiger partial charge in [-0.2, -0.15) is 0 Å². The molecule has 0 aromatic rings. The average molecular weight is 1660 g/mol. The van der Waals surface area contributed by atoms with Gasteiger partial charge >= 0.3 is 0 Å². The first-order valence-electron chi connectivity index (χ1n) is 41.5. The average Bonchev–Trinajstić information content (AvgIpc) is 0.850. The van der Waals surface area contributed by atoms with Crippen LogP contribution in [-0.4, -0.2) is 435 Å². The first-order valence-corrected chi connectivity index (χ1v) is 41.5. The van der Waals surface area contributed by atoms with Crippen molar-refractivity contribution in [2.75, 3.05) is 112 Å². The second-order valence-electron chi connectivity index (χ2n) is 30.9. The minimum Gasteiger partial charge on any atom is -0.394 e. The Morgan fingerprint density at radius 1 is 0.272 bits per heavy atom. The number of nitrogens with zero attached hydrogens (tertiary/aromatic N) is 3. The first kappa shape index (κ1) is 103. The zero-order valence-corrected chi connectivity index (χ0v) is 67.7. The molecule has 6 fully saturated rings. The summed E-state index contributed by atoms with van der Waals surface area (Å²) in [7, 11) is 0. The summed E-state index contributed by atoms with van der Waals surface area (Å²) in [6.07, 6.45) is -19.8. The number of unbranched alkanes of at least 4 members (excludes halogenated alkanes) is 6. The lowest BCUT2D eigenvalue weighted by Gasteiger charge is -2.40. The Hall–Kier alpha value is -2.87. The number of rotatable bonds is 48. The molecule has 114 heavy (non-hydrogen) atoms. The Labute approximate surface area is 670 Å². The maximum atomic E-state index is 11.7. The maximum absolute atomic E-state index is 11.7. The van der Waals surface area contributed by atoms with Gasteiger partial charge in [0.1, 0.15) is 128 Å². The number of aliphatic hydroxyl groups excluding tert-OH is 21. The summed E-state index contributed by atoms with van der Waals surface area (Å²) in [5.41, 5.74) is 0. The number of ether oxygens (including phenoxy) is 8. The van der Waals surface area contributed by atoms with E-state index in [9.17, 15) is 122 Å². The van der Waals surface area contributed by atoms with Crippen LogP contribution in [0.1, 0.15) is 170 Å². The van der Waals surface area contributed by atoms with E-state index in [-0.39, 0.29) is 30.9 Å². The summed E-state index contributed by atoms with van der Waals surface area (Å²) in [6, 6.07) is 0. The van der Waals surface area contributed by atoms with E-state index in [0.717, 1.165) is 64.3 Å². The van der Waals surface area contributed by atoms with Gasteiger partial charge in [0.2, 0.25) is 17.7 Å². The third kappa shape index (κ3) is 34.6. The van der Waals surface area contributed by atoms with Crippen LogP contribution in [0.2, 0.25) is 0 Å². The summed E-state index contributed by atoms with van der Waals surface area (Å²) in [5.74, 6) is 0.117. The van der Waals surface area contributed by atoms with Gasteiger partial charge in [-0.15, -0.1) is 0 Å². The van der Waals surface area contributed by atoms with Crippen molar-refractivity contribution in [2.45, 2.75) is 353 Å². The van der Waals surface area contributed by atoms with Crippen molar-refractivity contribution in [1.82, 2.24) is 30.7 Å². The molecule has 672 valence electrons. The van der Waals surface area contributed by atoms with Crippen molar-refractivity contribution in [3.8, 4) is 0 Å². The number of carbonyl (C=O) groups excluding carboxylic acids is 3. The highest BCUT2D eigenvalue weighted by Gasteiger charge is 2.48. The number of hydrogen-bond acceptors (Lipinski definition) is 35. The molecule has 6 aliphatic rings. The molecule has 0 aromatic carbocycles. The summed E-state index contributed by atoms with van der Waals surface area (Å²) in [6.45, 7) is 16.9.